The summed E-state index contributed by atoms with van der Waals surface area (Å²) in [6, 6.07) is 6.51. The molecule has 1 heterocycles. The quantitative estimate of drug-likeness (QED) is 0.864. The fraction of sp³-hybridized carbons (Fsp3) is 0.467. The van der Waals surface area contributed by atoms with Crippen LogP contribution in [0.2, 0.25) is 5.02 Å². The van der Waals surface area contributed by atoms with Crippen LogP contribution in [0.3, 0.4) is 0 Å². The van der Waals surface area contributed by atoms with Gasteiger partial charge in [-0.15, -0.1) is 0 Å². The van der Waals surface area contributed by atoms with Crippen molar-refractivity contribution >= 4 is 23.4 Å². The van der Waals surface area contributed by atoms with E-state index < -0.39 is 11.5 Å². The summed E-state index contributed by atoms with van der Waals surface area (Å²) in [5, 5.41) is 3.30. The van der Waals surface area contributed by atoms with E-state index in [1.807, 2.05) is 32.9 Å². The molecular formula is C15H19ClN2O2. The van der Waals surface area contributed by atoms with Crippen LogP contribution >= 0.6 is 11.6 Å². The van der Waals surface area contributed by atoms with Crippen LogP contribution in [0.15, 0.2) is 24.3 Å². The number of halogens is 1. The predicted molar refractivity (Wildman–Crippen MR) is 78.4 cm³/mol. The Morgan fingerprint density at radius 1 is 1.35 bits per heavy atom. The Morgan fingerprint density at radius 2 is 2.00 bits per heavy atom. The molecule has 1 unspecified atom stereocenters. The zero-order chi connectivity index (χ0) is 14.9. The Kier molecular flexibility index (Phi) is 4.04. The third kappa shape index (κ3) is 2.80. The van der Waals surface area contributed by atoms with Gasteiger partial charge in [-0.3, -0.25) is 9.59 Å². The van der Waals surface area contributed by atoms with Gasteiger partial charge >= 0.3 is 0 Å². The van der Waals surface area contributed by atoms with Gasteiger partial charge in [-0.2, -0.15) is 0 Å². The van der Waals surface area contributed by atoms with Crippen molar-refractivity contribution in [2.75, 3.05) is 13.1 Å². The number of hydrogen-bond donors (Lipinski definition) is 1. The molecule has 0 spiro atoms. The van der Waals surface area contributed by atoms with E-state index in [4.69, 9.17) is 11.6 Å². The number of rotatable bonds is 1. The summed E-state index contributed by atoms with van der Waals surface area (Å²) in [5.41, 5.74) is 0.140. The van der Waals surface area contributed by atoms with Crippen molar-refractivity contribution in [1.29, 1.82) is 0 Å². The van der Waals surface area contributed by atoms with Gasteiger partial charge in [-0.25, -0.2) is 0 Å². The summed E-state index contributed by atoms with van der Waals surface area (Å²) in [5.74, 6) is -0.223. The van der Waals surface area contributed by atoms with Crippen molar-refractivity contribution in [3.8, 4) is 0 Å². The van der Waals surface area contributed by atoms with Crippen molar-refractivity contribution < 1.29 is 9.59 Å². The highest BCUT2D eigenvalue weighted by atomic mass is 35.5. The molecule has 4 nitrogen and oxygen atoms in total. The topological polar surface area (TPSA) is 49.4 Å². The zero-order valence-electron chi connectivity index (χ0n) is 11.9. The molecule has 20 heavy (non-hydrogen) atoms. The lowest BCUT2D eigenvalue weighted by Gasteiger charge is -2.39. The summed E-state index contributed by atoms with van der Waals surface area (Å²) >= 11 is 6.19. The van der Waals surface area contributed by atoms with Crippen LogP contribution < -0.4 is 5.32 Å². The van der Waals surface area contributed by atoms with Crippen LogP contribution in [0.4, 0.5) is 0 Å². The molecule has 0 saturated carbocycles. The number of carbonyl (C=O) groups is 2. The lowest BCUT2D eigenvalue weighted by atomic mass is 9.92. The molecule has 1 saturated heterocycles. The second-order valence-electron chi connectivity index (χ2n) is 5.96. The van der Waals surface area contributed by atoms with Gasteiger partial charge in [-0.1, -0.05) is 50.6 Å². The first kappa shape index (κ1) is 14.9. The fourth-order valence-corrected chi connectivity index (χ4v) is 2.56. The average molecular weight is 295 g/mol. The molecule has 0 radical (unpaired) electrons. The highest BCUT2D eigenvalue weighted by Crippen LogP contribution is 2.32. The van der Waals surface area contributed by atoms with Crippen molar-refractivity contribution in [2.45, 2.75) is 26.8 Å². The minimum atomic E-state index is -0.649. The van der Waals surface area contributed by atoms with Crippen LogP contribution in [0.25, 0.3) is 0 Å². The van der Waals surface area contributed by atoms with Crippen LogP contribution in [0.5, 0.6) is 0 Å². The lowest BCUT2D eigenvalue weighted by Crippen LogP contribution is -2.54. The Morgan fingerprint density at radius 3 is 2.60 bits per heavy atom. The molecule has 1 atom stereocenters. The van der Waals surface area contributed by atoms with Gasteiger partial charge in [-0.05, 0) is 6.07 Å². The number of nitrogens with one attached hydrogen (secondary N) is 1. The number of piperazine rings is 1. The molecular weight excluding hydrogens is 276 g/mol. The second-order valence-corrected chi connectivity index (χ2v) is 6.37. The number of carbonyl (C=O) groups excluding carboxylic acids is 2. The van der Waals surface area contributed by atoms with Gasteiger partial charge < -0.3 is 10.2 Å². The molecule has 2 amide bonds. The van der Waals surface area contributed by atoms with Gasteiger partial charge in [0.25, 0.3) is 0 Å². The van der Waals surface area contributed by atoms with E-state index in [0.717, 1.165) is 0 Å². The van der Waals surface area contributed by atoms with E-state index in [2.05, 4.69) is 5.32 Å². The highest BCUT2D eigenvalue weighted by molar-refractivity contribution is 6.31. The van der Waals surface area contributed by atoms with E-state index in [9.17, 15) is 9.59 Å². The van der Waals surface area contributed by atoms with Gasteiger partial charge in [0.1, 0.15) is 6.04 Å². The molecule has 1 fully saturated rings. The first-order chi connectivity index (χ1) is 9.32. The first-order valence-corrected chi connectivity index (χ1v) is 7.03. The van der Waals surface area contributed by atoms with Crippen molar-refractivity contribution in [2.24, 2.45) is 5.41 Å². The van der Waals surface area contributed by atoms with Gasteiger partial charge in [0.05, 0.1) is 0 Å². The molecule has 2 rings (SSSR count). The highest BCUT2D eigenvalue weighted by Gasteiger charge is 2.39. The molecule has 1 N–H and O–H groups in total. The van der Waals surface area contributed by atoms with E-state index >= 15 is 0 Å². The SMILES string of the molecule is CC(C)(C)C(=O)N1CCNC(=O)C1c1ccccc1Cl. The molecule has 108 valence electrons. The molecule has 1 aliphatic heterocycles. The largest absolute Gasteiger partial charge is 0.352 e. The summed E-state index contributed by atoms with van der Waals surface area (Å²) in [6.45, 7) is 6.53. The van der Waals surface area contributed by atoms with Gasteiger partial charge in [0.15, 0.2) is 0 Å². The Bertz CT molecular complexity index is 537. The van der Waals surface area contributed by atoms with Crippen LogP contribution in [-0.2, 0) is 9.59 Å². The summed E-state index contributed by atoms with van der Waals surface area (Å²) < 4.78 is 0. The fourth-order valence-electron chi connectivity index (χ4n) is 2.32. The standard InChI is InChI=1S/C15H19ClN2O2/c1-15(2,3)14(20)18-9-8-17-13(19)12(18)10-6-4-5-7-11(10)16/h4-7,12H,8-9H2,1-3H3,(H,17,19). The number of benzene rings is 1. The summed E-state index contributed by atoms with van der Waals surface area (Å²) in [4.78, 5) is 26.4. The third-order valence-electron chi connectivity index (χ3n) is 3.31. The summed E-state index contributed by atoms with van der Waals surface area (Å²) in [7, 11) is 0. The van der Waals surface area contributed by atoms with Crippen molar-refractivity contribution in [1.82, 2.24) is 10.2 Å². The first-order valence-electron chi connectivity index (χ1n) is 6.65. The molecule has 5 heteroatoms. The normalized spacial score (nSPS) is 19.7. The smallest absolute Gasteiger partial charge is 0.247 e. The third-order valence-corrected chi connectivity index (χ3v) is 3.66. The number of amides is 2. The molecule has 0 aliphatic carbocycles. The maximum Gasteiger partial charge on any atom is 0.247 e. The lowest BCUT2D eigenvalue weighted by molar-refractivity contribution is -0.149. The summed E-state index contributed by atoms with van der Waals surface area (Å²) in [6.07, 6.45) is 0. The van der Waals surface area contributed by atoms with Crippen LogP contribution in [0.1, 0.15) is 32.4 Å². The van der Waals surface area contributed by atoms with E-state index in [1.54, 1.807) is 17.0 Å². The Hall–Kier alpha value is -1.55. The Labute approximate surface area is 124 Å². The predicted octanol–water partition coefficient (Wildman–Crippen LogP) is 2.39. The maximum absolute atomic E-state index is 12.6. The van der Waals surface area contributed by atoms with Crippen LogP contribution in [-0.4, -0.2) is 29.8 Å². The molecule has 1 aromatic rings. The van der Waals surface area contributed by atoms with E-state index in [-0.39, 0.29) is 11.8 Å². The van der Waals surface area contributed by atoms with E-state index in [0.29, 0.717) is 23.7 Å². The Balaban J connectivity index is 2.42. The van der Waals surface area contributed by atoms with E-state index in [1.165, 1.54) is 0 Å². The maximum atomic E-state index is 12.6. The number of hydrogen-bond acceptors (Lipinski definition) is 2. The minimum absolute atomic E-state index is 0.0442. The molecule has 1 aliphatic rings. The van der Waals surface area contributed by atoms with Gasteiger partial charge in [0, 0.05) is 29.1 Å². The monoisotopic (exact) mass is 294 g/mol. The molecule has 1 aromatic carbocycles. The minimum Gasteiger partial charge on any atom is -0.352 e. The van der Waals surface area contributed by atoms with Crippen molar-refractivity contribution in [3.63, 3.8) is 0 Å². The van der Waals surface area contributed by atoms with Gasteiger partial charge in [0.2, 0.25) is 11.8 Å². The molecule has 0 bridgehead atoms. The molecule has 0 aromatic heterocycles. The van der Waals surface area contributed by atoms with Crippen LogP contribution in [0, 0.1) is 5.41 Å². The van der Waals surface area contributed by atoms with Crippen molar-refractivity contribution in [3.05, 3.63) is 34.9 Å². The zero-order valence-corrected chi connectivity index (χ0v) is 12.7. The second kappa shape index (κ2) is 5.44. The average Bonchev–Trinajstić information content (AvgIpc) is 2.38. The number of nitrogens with zero attached hydrogens (tertiary/aromatic N) is 1.